The molecule has 0 bridgehead atoms. The van der Waals surface area contributed by atoms with E-state index in [4.69, 9.17) is 23.2 Å². The summed E-state index contributed by atoms with van der Waals surface area (Å²) in [5, 5.41) is 4.06. The maximum Gasteiger partial charge on any atom is 0.257 e. The zero-order valence-electron chi connectivity index (χ0n) is 14.3. The Morgan fingerprint density at radius 1 is 1.00 bits per heavy atom. The molecule has 0 saturated carbocycles. The number of hydrogen-bond donors (Lipinski definition) is 1. The van der Waals surface area contributed by atoms with Gasteiger partial charge in [-0.05, 0) is 35.7 Å². The van der Waals surface area contributed by atoms with Gasteiger partial charge in [-0.3, -0.25) is 4.79 Å². The maximum atomic E-state index is 12.8. The molecule has 0 spiro atoms. The molecule has 0 saturated heterocycles. The molecule has 0 fully saturated rings. The summed E-state index contributed by atoms with van der Waals surface area (Å²) in [7, 11) is 0. The standard InChI is InChI=1S/C20H16Cl2N4O/c21-16-7-17(22)9-18(8-16)25-20-23-10-15(11-24-20)19(27)26-6-5-13-3-1-2-4-14(13)12-26/h1-4,7-11H,5-6,12H2,(H,23,24,25). The Bertz CT molecular complexity index is 971. The van der Waals surface area contributed by atoms with Gasteiger partial charge in [0.2, 0.25) is 5.95 Å². The average molecular weight is 399 g/mol. The number of aromatic nitrogens is 2. The van der Waals surface area contributed by atoms with Gasteiger partial charge in [0.15, 0.2) is 0 Å². The number of benzene rings is 2. The lowest BCUT2D eigenvalue weighted by Gasteiger charge is -2.28. The third-order valence-corrected chi connectivity index (χ3v) is 4.87. The van der Waals surface area contributed by atoms with Crippen molar-refractivity contribution in [1.82, 2.24) is 14.9 Å². The Morgan fingerprint density at radius 2 is 1.67 bits per heavy atom. The lowest BCUT2D eigenvalue weighted by atomic mass is 9.99. The fourth-order valence-corrected chi connectivity index (χ4v) is 3.64. The van der Waals surface area contributed by atoms with Crippen molar-refractivity contribution in [1.29, 1.82) is 0 Å². The van der Waals surface area contributed by atoms with E-state index in [1.54, 1.807) is 18.2 Å². The number of hydrogen-bond acceptors (Lipinski definition) is 4. The summed E-state index contributed by atoms with van der Waals surface area (Å²) < 4.78 is 0. The van der Waals surface area contributed by atoms with Gasteiger partial charge in [-0.15, -0.1) is 0 Å². The molecular formula is C20H16Cl2N4O. The van der Waals surface area contributed by atoms with E-state index < -0.39 is 0 Å². The van der Waals surface area contributed by atoms with Crippen molar-refractivity contribution < 1.29 is 4.79 Å². The van der Waals surface area contributed by atoms with Crippen LogP contribution in [0.3, 0.4) is 0 Å². The summed E-state index contributed by atoms with van der Waals surface area (Å²) in [4.78, 5) is 23.1. The quantitative estimate of drug-likeness (QED) is 0.692. The molecule has 0 radical (unpaired) electrons. The first kappa shape index (κ1) is 17.8. The first-order valence-corrected chi connectivity index (χ1v) is 9.25. The molecule has 0 aliphatic carbocycles. The highest BCUT2D eigenvalue weighted by Crippen LogP contribution is 2.24. The third kappa shape index (κ3) is 4.04. The van der Waals surface area contributed by atoms with Crippen molar-refractivity contribution in [3.05, 3.63) is 81.6 Å². The van der Waals surface area contributed by atoms with Crippen molar-refractivity contribution in [2.75, 3.05) is 11.9 Å². The molecule has 5 nitrogen and oxygen atoms in total. The molecule has 27 heavy (non-hydrogen) atoms. The molecule has 0 atom stereocenters. The first-order chi connectivity index (χ1) is 13.1. The minimum Gasteiger partial charge on any atom is -0.334 e. The highest BCUT2D eigenvalue weighted by molar-refractivity contribution is 6.35. The van der Waals surface area contributed by atoms with Gasteiger partial charge in [-0.25, -0.2) is 9.97 Å². The van der Waals surface area contributed by atoms with Crippen molar-refractivity contribution in [2.45, 2.75) is 13.0 Å². The molecule has 4 rings (SSSR count). The van der Waals surface area contributed by atoms with E-state index in [9.17, 15) is 4.79 Å². The maximum absolute atomic E-state index is 12.8. The van der Waals surface area contributed by atoms with Gasteiger partial charge in [0.25, 0.3) is 5.91 Å². The van der Waals surface area contributed by atoms with E-state index in [2.05, 4.69) is 27.4 Å². The number of anilines is 2. The number of rotatable bonds is 3. The van der Waals surface area contributed by atoms with Gasteiger partial charge in [-0.2, -0.15) is 0 Å². The van der Waals surface area contributed by atoms with Crippen molar-refractivity contribution in [3.63, 3.8) is 0 Å². The molecule has 3 aromatic rings. The molecule has 2 aromatic carbocycles. The number of nitrogens with one attached hydrogen (secondary N) is 1. The Balaban J connectivity index is 1.46. The van der Waals surface area contributed by atoms with Gasteiger partial charge in [0.1, 0.15) is 0 Å². The summed E-state index contributed by atoms with van der Waals surface area (Å²) >= 11 is 12.0. The second-order valence-electron chi connectivity index (χ2n) is 6.32. The fraction of sp³-hybridized carbons (Fsp3) is 0.150. The minimum atomic E-state index is -0.0677. The normalized spacial score (nSPS) is 13.2. The second-order valence-corrected chi connectivity index (χ2v) is 7.20. The van der Waals surface area contributed by atoms with Crippen molar-refractivity contribution in [2.24, 2.45) is 0 Å². The van der Waals surface area contributed by atoms with Crippen LogP contribution in [-0.2, 0) is 13.0 Å². The van der Waals surface area contributed by atoms with E-state index >= 15 is 0 Å². The molecule has 1 amide bonds. The number of carbonyl (C=O) groups excluding carboxylic acids is 1. The van der Waals surface area contributed by atoms with Crippen LogP contribution in [0, 0.1) is 0 Å². The smallest absolute Gasteiger partial charge is 0.257 e. The van der Waals surface area contributed by atoms with Gasteiger partial charge in [0.05, 0.1) is 5.56 Å². The summed E-state index contributed by atoms with van der Waals surface area (Å²) in [6.07, 6.45) is 3.92. The Kier molecular flexibility index (Phi) is 4.97. The van der Waals surface area contributed by atoms with E-state index in [0.717, 1.165) is 6.42 Å². The van der Waals surface area contributed by atoms with Crippen LogP contribution in [0.1, 0.15) is 21.5 Å². The van der Waals surface area contributed by atoms with E-state index in [1.165, 1.54) is 23.5 Å². The van der Waals surface area contributed by atoms with E-state index in [-0.39, 0.29) is 5.91 Å². The summed E-state index contributed by atoms with van der Waals surface area (Å²) in [6.45, 7) is 1.30. The second kappa shape index (κ2) is 7.55. The van der Waals surface area contributed by atoms with Gasteiger partial charge in [0, 0.05) is 41.2 Å². The summed E-state index contributed by atoms with van der Waals surface area (Å²) in [6, 6.07) is 13.3. The topological polar surface area (TPSA) is 58.1 Å². The van der Waals surface area contributed by atoms with Crippen LogP contribution in [0.4, 0.5) is 11.6 Å². The molecule has 1 aliphatic rings. The summed E-state index contributed by atoms with van der Waals surface area (Å²) in [5.41, 5.74) is 3.63. The number of carbonyl (C=O) groups is 1. The molecule has 1 aromatic heterocycles. The number of halogens is 2. The fourth-order valence-electron chi connectivity index (χ4n) is 3.11. The monoisotopic (exact) mass is 398 g/mol. The van der Waals surface area contributed by atoms with Crippen LogP contribution in [0.2, 0.25) is 10.0 Å². The van der Waals surface area contributed by atoms with Crippen LogP contribution in [0.25, 0.3) is 0 Å². The third-order valence-electron chi connectivity index (χ3n) is 4.44. The highest BCUT2D eigenvalue weighted by Gasteiger charge is 2.22. The molecule has 1 aliphatic heterocycles. The van der Waals surface area contributed by atoms with Crippen LogP contribution < -0.4 is 5.32 Å². The lowest BCUT2D eigenvalue weighted by molar-refractivity contribution is 0.0734. The molecule has 1 N–H and O–H groups in total. The van der Waals surface area contributed by atoms with Gasteiger partial charge in [-0.1, -0.05) is 47.5 Å². The SMILES string of the molecule is O=C(c1cnc(Nc2cc(Cl)cc(Cl)c2)nc1)N1CCc2ccccc2C1. The Morgan fingerprint density at radius 3 is 2.37 bits per heavy atom. The zero-order chi connectivity index (χ0) is 18.8. The number of fused-ring (bicyclic) bond motifs is 1. The average Bonchev–Trinajstić information content (AvgIpc) is 2.67. The molecule has 7 heteroatoms. The van der Waals surface area contributed by atoms with Crippen molar-refractivity contribution in [3.8, 4) is 0 Å². The van der Waals surface area contributed by atoms with Gasteiger partial charge < -0.3 is 10.2 Å². The molecular weight excluding hydrogens is 383 g/mol. The van der Waals surface area contributed by atoms with Crippen LogP contribution in [-0.4, -0.2) is 27.3 Å². The predicted octanol–water partition coefficient (Wildman–Crippen LogP) is 4.73. The Hall–Kier alpha value is -2.63. The molecule has 0 unspecified atom stereocenters. The van der Waals surface area contributed by atoms with E-state index in [1.807, 2.05) is 17.0 Å². The zero-order valence-corrected chi connectivity index (χ0v) is 15.8. The van der Waals surface area contributed by atoms with Crippen molar-refractivity contribution >= 4 is 40.7 Å². The van der Waals surface area contributed by atoms with Crippen LogP contribution >= 0.6 is 23.2 Å². The first-order valence-electron chi connectivity index (χ1n) is 8.50. The summed E-state index contributed by atoms with van der Waals surface area (Å²) in [5.74, 6) is 0.302. The van der Waals surface area contributed by atoms with Crippen LogP contribution in [0.15, 0.2) is 54.9 Å². The Labute approximate surface area is 167 Å². The van der Waals surface area contributed by atoms with Crippen LogP contribution in [0.5, 0.6) is 0 Å². The number of amides is 1. The van der Waals surface area contributed by atoms with E-state index in [0.29, 0.717) is 40.3 Å². The minimum absolute atomic E-state index is 0.0677. The predicted molar refractivity (Wildman–Crippen MR) is 107 cm³/mol. The molecule has 2 heterocycles. The molecule has 136 valence electrons. The van der Waals surface area contributed by atoms with Gasteiger partial charge >= 0.3 is 0 Å². The highest BCUT2D eigenvalue weighted by atomic mass is 35.5. The number of nitrogens with zero attached hydrogens (tertiary/aromatic N) is 3. The largest absolute Gasteiger partial charge is 0.334 e. The lowest BCUT2D eigenvalue weighted by Crippen LogP contribution is -2.36.